The first-order valence-electron chi connectivity index (χ1n) is 6.33. The molecule has 0 bridgehead atoms. The molecule has 0 fully saturated rings. The highest BCUT2D eigenvalue weighted by atomic mass is 32.1. The highest BCUT2D eigenvalue weighted by Crippen LogP contribution is 2.34. The lowest BCUT2D eigenvalue weighted by atomic mass is 10.0. The molecular formula is C16H17NO2S. The van der Waals surface area contributed by atoms with Crippen LogP contribution in [0.5, 0.6) is 0 Å². The summed E-state index contributed by atoms with van der Waals surface area (Å²) in [5.41, 5.74) is 4.08. The molecule has 2 aromatic rings. The molecular weight excluding hydrogens is 270 g/mol. The molecule has 0 spiro atoms. The molecule has 0 radical (unpaired) electrons. The van der Waals surface area contributed by atoms with E-state index in [2.05, 4.69) is 28.8 Å². The number of rotatable bonds is 3. The molecule has 2 rings (SSSR count). The van der Waals surface area contributed by atoms with Gasteiger partial charge in [-0.05, 0) is 31.9 Å². The number of carbonyl (C=O) groups is 1. The normalized spacial score (nSPS) is 11.5. The van der Waals surface area contributed by atoms with Gasteiger partial charge in [0.1, 0.15) is 0 Å². The van der Waals surface area contributed by atoms with Crippen LogP contribution in [0.3, 0.4) is 0 Å². The molecule has 4 heteroatoms. The number of allylic oxidation sites excluding steroid dienone is 1. The fraction of sp³-hybridized carbons (Fsp3) is 0.250. The summed E-state index contributed by atoms with van der Waals surface area (Å²) in [6.45, 7) is 5.94. The third-order valence-electron chi connectivity index (χ3n) is 3.03. The first-order valence-corrected chi connectivity index (χ1v) is 7.14. The Labute approximate surface area is 122 Å². The molecule has 3 nitrogen and oxygen atoms in total. The minimum Gasteiger partial charge on any atom is -0.466 e. The molecule has 0 saturated carbocycles. The van der Waals surface area contributed by atoms with Crippen LogP contribution < -0.4 is 0 Å². The largest absolute Gasteiger partial charge is 0.466 e. The standard InChI is InChI=1S/C16H17NO2S/c1-10-7-5-6-8-13(10)15-16(20-12(3)17-15)11(2)9-14(18)19-4/h5-9H,1-4H3/b11-9+. The summed E-state index contributed by atoms with van der Waals surface area (Å²) in [5.74, 6) is -0.343. The highest BCUT2D eigenvalue weighted by molar-refractivity contribution is 7.13. The number of methoxy groups -OCH3 is 1. The highest BCUT2D eigenvalue weighted by Gasteiger charge is 2.15. The summed E-state index contributed by atoms with van der Waals surface area (Å²) in [4.78, 5) is 17.0. The molecule has 0 atom stereocenters. The van der Waals surface area contributed by atoms with Crippen LogP contribution >= 0.6 is 11.3 Å². The number of aryl methyl sites for hydroxylation is 2. The lowest BCUT2D eigenvalue weighted by Crippen LogP contribution is -1.96. The van der Waals surface area contributed by atoms with Gasteiger partial charge in [0, 0.05) is 11.6 Å². The number of benzene rings is 1. The van der Waals surface area contributed by atoms with E-state index in [0.717, 1.165) is 26.7 Å². The number of carbonyl (C=O) groups excluding carboxylic acids is 1. The predicted molar refractivity (Wildman–Crippen MR) is 82.7 cm³/mol. The van der Waals surface area contributed by atoms with E-state index in [4.69, 9.17) is 0 Å². The average Bonchev–Trinajstić information content (AvgIpc) is 2.81. The molecule has 0 aliphatic carbocycles. The second kappa shape index (κ2) is 6.01. The van der Waals surface area contributed by atoms with Crippen molar-refractivity contribution in [1.82, 2.24) is 4.98 Å². The summed E-state index contributed by atoms with van der Waals surface area (Å²) in [7, 11) is 1.38. The fourth-order valence-electron chi connectivity index (χ4n) is 2.02. The van der Waals surface area contributed by atoms with Crippen molar-refractivity contribution in [2.45, 2.75) is 20.8 Å². The smallest absolute Gasteiger partial charge is 0.330 e. The van der Waals surface area contributed by atoms with Gasteiger partial charge in [0.15, 0.2) is 0 Å². The van der Waals surface area contributed by atoms with Gasteiger partial charge >= 0.3 is 5.97 Å². The third kappa shape index (κ3) is 2.96. The summed E-state index contributed by atoms with van der Waals surface area (Å²) < 4.78 is 4.69. The van der Waals surface area contributed by atoms with Crippen LogP contribution in [0, 0.1) is 13.8 Å². The summed E-state index contributed by atoms with van der Waals surface area (Å²) in [6.07, 6.45) is 1.51. The topological polar surface area (TPSA) is 39.2 Å². The second-order valence-corrected chi connectivity index (χ2v) is 5.78. The molecule has 0 aliphatic rings. The second-order valence-electron chi connectivity index (χ2n) is 4.58. The minimum absolute atomic E-state index is 0.343. The number of hydrogen-bond donors (Lipinski definition) is 0. The molecule has 1 heterocycles. The number of thiazole rings is 1. The van der Waals surface area contributed by atoms with Gasteiger partial charge in [-0.2, -0.15) is 0 Å². The average molecular weight is 287 g/mol. The van der Waals surface area contributed by atoms with E-state index in [-0.39, 0.29) is 5.97 Å². The molecule has 0 N–H and O–H groups in total. The van der Waals surface area contributed by atoms with E-state index in [9.17, 15) is 4.79 Å². The molecule has 104 valence electrons. The van der Waals surface area contributed by atoms with Gasteiger partial charge in [0.2, 0.25) is 0 Å². The van der Waals surface area contributed by atoms with Gasteiger partial charge in [-0.3, -0.25) is 0 Å². The lowest BCUT2D eigenvalue weighted by molar-refractivity contribution is -0.134. The van der Waals surface area contributed by atoms with Crippen LogP contribution in [0.4, 0.5) is 0 Å². The van der Waals surface area contributed by atoms with E-state index in [1.807, 2.05) is 26.0 Å². The van der Waals surface area contributed by atoms with Gasteiger partial charge in [0.25, 0.3) is 0 Å². The number of esters is 1. The maximum absolute atomic E-state index is 11.4. The van der Waals surface area contributed by atoms with E-state index in [1.54, 1.807) is 11.3 Å². The molecule has 0 unspecified atom stereocenters. The lowest BCUT2D eigenvalue weighted by Gasteiger charge is -2.06. The Bertz CT molecular complexity index is 671. The Morgan fingerprint density at radius 1 is 1.30 bits per heavy atom. The summed E-state index contributed by atoms with van der Waals surface area (Å²) in [6, 6.07) is 8.13. The zero-order valence-electron chi connectivity index (χ0n) is 12.1. The Balaban J connectivity index is 2.54. The molecule has 20 heavy (non-hydrogen) atoms. The molecule has 0 saturated heterocycles. The van der Waals surface area contributed by atoms with E-state index in [1.165, 1.54) is 18.7 Å². The molecule has 0 aliphatic heterocycles. The van der Waals surface area contributed by atoms with Crippen molar-refractivity contribution in [3.05, 3.63) is 45.8 Å². The summed E-state index contributed by atoms with van der Waals surface area (Å²) >= 11 is 1.59. The molecule has 0 amide bonds. The first kappa shape index (κ1) is 14.5. The predicted octanol–water partition coefficient (Wildman–Crippen LogP) is 4.00. The maximum Gasteiger partial charge on any atom is 0.330 e. The van der Waals surface area contributed by atoms with Gasteiger partial charge < -0.3 is 4.74 Å². The number of aromatic nitrogens is 1. The third-order valence-corrected chi connectivity index (χ3v) is 4.13. The van der Waals surface area contributed by atoms with Crippen molar-refractivity contribution < 1.29 is 9.53 Å². The van der Waals surface area contributed by atoms with Crippen LogP contribution in [-0.4, -0.2) is 18.1 Å². The van der Waals surface area contributed by atoms with Crippen LogP contribution in [0.15, 0.2) is 30.3 Å². The van der Waals surface area contributed by atoms with E-state index < -0.39 is 0 Å². The first-order chi connectivity index (χ1) is 9.52. The number of nitrogens with zero attached hydrogens (tertiary/aromatic N) is 1. The van der Waals surface area contributed by atoms with Crippen molar-refractivity contribution in [1.29, 1.82) is 0 Å². The Hall–Kier alpha value is -1.94. The van der Waals surface area contributed by atoms with Gasteiger partial charge in [-0.25, -0.2) is 9.78 Å². The zero-order valence-corrected chi connectivity index (χ0v) is 12.9. The van der Waals surface area contributed by atoms with Crippen molar-refractivity contribution >= 4 is 22.9 Å². The Morgan fingerprint density at radius 3 is 2.65 bits per heavy atom. The Kier molecular flexibility index (Phi) is 4.35. The maximum atomic E-state index is 11.4. The Morgan fingerprint density at radius 2 is 2.00 bits per heavy atom. The van der Waals surface area contributed by atoms with Gasteiger partial charge in [0.05, 0.1) is 22.7 Å². The van der Waals surface area contributed by atoms with E-state index in [0.29, 0.717) is 0 Å². The molecule has 1 aromatic heterocycles. The van der Waals surface area contributed by atoms with Crippen molar-refractivity contribution in [3.8, 4) is 11.3 Å². The summed E-state index contributed by atoms with van der Waals surface area (Å²) in [5, 5.41) is 0.982. The van der Waals surface area contributed by atoms with Crippen molar-refractivity contribution in [2.24, 2.45) is 0 Å². The zero-order chi connectivity index (χ0) is 14.7. The van der Waals surface area contributed by atoms with Crippen molar-refractivity contribution in [2.75, 3.05) is 7.11 Å². The minimum atomic E-state index is -0.343. The molecule has 1 aromatic carbocycles. The quantitative estimate of drug-likeness (QED) is 0.632. The fourth-order valence-corrected chi connectivity index (χ4v) is 2.92. The van der Waals surface area contributed by atoms with Gasteiger partial charge in [-0.1, -0.05) is 24.3 Å². The SMILES string of the molecule is COC(=O)/C=C(\C)c1sc(C)nc1-c1ccccc1C. The van der Waals surface area contributed by atoms with Gasteiger partial charge in [-0.15, -0.1) is 11.3 Å². The van der Waals surface area contributed by atoms with E-state index >= 15 is 0 Å². The van der Waals surface area contributed by atoms with Crippen LogP contribution in [0.1, 0.15) is 22.4 Å². The number of hydrogen-bond acceptors (Lipinski definition) is 4. The van der Waals surface area contributed by atoms with Crippen LogP contribution in [-0.2, 0) is 9.53 Å². The number of ether oxygens (including phenoxy) is 1. The van der Waals surface area contributed by atoms with Crippen LogP contribution in [0.2, 0.25) is 0 Å². The monoisotopic (exact) mass is 287 g/mol. The van der Waals surface area contributed by atoms with Crippen molar-refractivity contribution in [3.63, 3.8) is 0 Å². The van der Waals surface area contributed by atoms with Crippen LogP contribution in [0.25, 0.3) is 16.8 Å².